The first-order valence-electron chi connectivity index (χ1n) is 8.35. The van der Waals surface area contributed by atoms with Gasteiger partial charge in [-0.25, -0.2) is 18.1 Å². The van der Waals surface area contributed by atoms with Gasteiger partial charge in [0.15, 0.2) is 9.84 Å². The molecule has 1 saturated heterocycles. The van der Waals surface area contributed by atoms with Gasteiger partial charge in [0.05, 0.1) is 17.2 Å². The van der Waals surface area contributed by atoms with Crippen LogP contribution in [0.4, 0.5) is 0 Å². The third-order valence-electron chi connectivity index (χ3n) is 4.59. The number of benzene rings is 1. The molecule has 24 heavy (non-hydrogen) atoms. The summed E-state index contributed by atoms with van der Waals surface area (Å²) in [5.41, 5.74) is 0. The Morgan fingerprint density at radius 3 is 2.62 bits per heavy atom. The van der Waals surface area contributed by atoms with E-state index in [0.717, 1.165) is 37.6 Å². The Morgan fingerprint density at radius 1 is 1.21 bits per heavy atom. The maximum absolute atomic E-state index is 12.5. The number of hydrogen-bond donors (Lipinski definition) is 0. The number of aromatic nitrogens is 3. The van der Waals surface area contributed by atoms with Crippen LogP contribution in [0.25, 0.3) is 0 Å². The van der Waals surface area contributed by atoms with Crippen molar-refractivity contribution in [2.45, 2.75) is 44.2 Å². The fourth-order valence-corrected chi connectivity index (χ4v) is 4.60. The van der Waals surface area contributed by atoms with E-state index in [4.69, 9.17) is 0 Å². The van der Waals surface area contributed by atoms with Crippen molar-refractivity contribution in [2.75, 3.05) is 18.8 Å². The third kappa shape index (κ3) is 3.84. The summed E-state index contributed by atoms with van der Waals surface area (Å²) in [7, 11) is -3.22. The fraction of sp³-hybridized carbons (Fsp3) is 0.529. The van der Waals surface area contributed by atoms with E-state index < -0.39 is 9.84 Å². The molecule has 1 aliphatic rings. The summed E-state index contributed by atoms with van der Waals surface area (Å²) >= 11 is 0. The van der Waals surface area contributed by atoms with Gasteiger partial charge in [-0.3, -0.25) is 4.90 Å². The molecule has 6 nitrogen and oxygen atoms in total. The van der Waals surface area contributed by atoms with Gasteiger partial charge < -0.3 is 0 Å². The Labute approximate surface area is 143 Å². The Morgan fingerprint density at radius 2 is 1.96 bits per heavy atom. The molecule has 0 unspecified atom stereocenters. The quantitative estimate of drug-likeness (QED) is 0.797. The second kappa shape index (κ2) is 7.03. The van der Waals surface area contributed by atoms with Gasteiger partial charge in [-0.2, -0.15) is 5.10 Å². The highest BCUT2D eigenvalue weighted by Crippen LogP contribution is 2.20. The van der Waals surface area contributed by atoms with E-state index in [1.165, 1.54) is 0 Å². The second-order valence-corrected chi connectivity index (χ2v) is 8.46. The smallest absolute Gasteiger partial charge is 0.179 e. The molecule has 0 saturated carbocycles. The fourth-order valence-electron chi connectivity index (χ4n) is 3.31. The molecule has 0 bridgehead atoms. The lowest BCUT2D eigenvalue weighted by Crippen LogP contribution is -2.36. The molecule has 3 rings (SSSR count). The first-order valence-corrected chi connectivity index (χ1v) is 10.0. The summed E-state index contributed by atoms with van der Waals surface area (Å²) in [5, 5.41) is 4.43. The average Bonchev–Trinajstić information content (AvgIpc) is 3.13. The first kappa shape index (κ1) is 17.1. The number of aryl methyl sites for hydroxylation is 2. The highest BCUT2D eigenvalue weighted by atomic mass is 32.2. The lowest BCUT2D eigenvalue weighted by Gasteiger charge is -2.24. The van der Waals surface area contributed by atoms with Crippen molar-refractivity contribution >= 4 is 9.84 Å². The summed E-state index contributed by atoms with van der Waals surface area (Å²) in [6.07, 6.45) is 2.17. The lowest BCUT2D eigenvalue weighted by molar-refractivity contribution is 0.237. The predicted molar refractivity (Wildman–Crippen MR) is 92.6 cm³/mol. The molecule has 1 aromatic carbocycles. The molecule has 0 radical (unpaired) electrons. The van der Waals surface area contributed by atoms with Crippen LogP contribution >= 0.6 is 0 Å². The molecule has 7 heteroatoms. The van der Waals surface area contributed by atoms with E-state index in [-0.39, 0.29) is 5.75 Å². The zero-order valence-electron chi connectivity index (χ0n) is 14.2. The van der Waals surface area contributed by atoms with Crippen LogP contribution in [-0.2, 0) is 16.4 Å². The highest BCUT2D eigenvalue weighted by molar-refractivity contribution is 7.91. The summed E-state index contributed by atoms with van der Waals surface area (Å²) in [6.45, 7) is 6.13. The first-order chi connectivity index (χ1) is 11.5. The minimum absolute atomic E-state index is 0.156. The standard InChI is InChI=1S/C17H24N4O2S/c1-14-18-15(2)21(19-14)13-16-7-6-10-20(16)11-12-24(22,23)17-8-4-3-5-9-17/h3-5,8-9,16H,6-7,10-13H2,1-2H3/t16-/m0/s1. The average molecular weight is 348 g/mol. The van der Waals surface area contributed by atoms with Crippen LogP contribution < -0.4 is 0 Å². The van der Waals surface area contributed by atoms with E-state index >= 15 is 0 Å². The summed E-state index contributed by atoms with van der Waals surface area (Å²) in [5.74, 6) is 1.85. The largest absolute Gasteiger partial charge is 0.298 e. The van der Waals surface area contributed by atoms with E-state index in [1.807, 2.05) is 24.6 Å². The molecule has 130 valence electrons. The predicted octanol–water partition coefficient (Wildman–Crippen LogP) is 1.83. The molecule has 1 aromatic heterocycles. The van der Waals surface area contributed by atoms with Gasteiger partial charge >= 0.3 is 0 Å². The summed E-state index contributed by atoms with van der Waals surface area (Å²) in [4.78, 5) is 7.02. The molecular formula is C17H24N4O2S. The number of likely N-dealkylation sites (tertiary alicyclic amines) is 1. The monoisotopic (exact) mass is 348 g/mol. The van der Waals surface area contributed by atoms with E-state index in [1.54, 1.807) is 24.3 Å². The van der Waals surface area contributed by atoms with E-state index in [0.29, 0.717) is 17.5 Å². The summed E-state index contributed by atoms with van der Waals surface area (Å²) in [6, 6.07) is 9.02. The van der Waals surface area contributed by atoms with Gasteiger partial charge in [-0.15, -0.1) is 0 Å². The number of nitrogens with zero attached hydrogens (tertiary/aromatic N) is 4. The molecule has 0 N–H and O–H groups in total. The summed E-state index contributed by atoms with van der Waals surface area (Å²) < 4.78 is 26.8. The zero-order valence-corrected chi connectivity index (χ0v) is 15.0. The molecule has 0 spiro atoms. The van der Waals surface area contributed by atoms with Crippen molar-refractivity contribution in [3.05, 3.63) is 42.0 Å². The van der Waals surface area contributed by atoms with Crippen LogP contribution in [0.1, 0.15) is 24.5 Å². The van der Waals surface area contributed by atoms with Crippen LogP contribution in [0, 0.1) is 13.8 Å². The van der Waals surface area contributed by atoms with Crippen molar-refractivity contribution < 1.29 is 8.42 Å². The van der Waals surface area contributed by atoms with Crippen LogP contribution in [0.2, 0.25) is 0 Å². The molecule has 0 amide bonds. The number of rotatable bonds is 6. The van der Waals surface area contributed by atoms with Crippen LogP contribution in [0.3, 0.4) is 0 Å². The van der Waals surface area contributed by atoms with Gasteiger partial charge in [-0.1, -0.05) is 18.2 Å². The van der Waals surface area contributed by atoms with Crippen LogP contribution in [-0.4, -0.2) is 53.0 Å². The van der Waals surface area contributed by atoms with E-state index in [9.17, 15) is 8.42 Å². The maximum atomic E-state index is 12.5. The highest BCUT2D eigenvalue weighted by Gasteiger charge is 2.27. The zero-order chi connectivity index (χ0) is 17.2. The SMILES string of the molecule is Cc1nc(C)n(C[C@@H]2CCCN2CCS(=O)(=O)c2ccccc2)n1. The van der Waals surface area contributed by atoms with Crippen molar-refractivity contribution in [3.8, 4) is 0 Å². The molecule has 2 aromatic rings. The Kier molecular flexibility index (Phi) is 5.01. The Balaban J connectivity index is 1.63. The normalized spacial score (nSPS) is 19.0. The van der Waals surface area contributed by atoms with E-state index in [2.05, 4.69) is 15.0 Å². The van der Waals surface area contributed by atoms with Crippen molar-refractivity contribution in [1.29, 1.82) is 0 Å². The number of sulfone groups is 1. The molecule has 1 aliphatic heterocycles. The van der Waals surface area contributed by atoms with Crippen molar-refractivity contribution in [3.63, 3.8) is 0 Å². The third-order valence-corrected chi connectivity index (χ3v) is 6.31. The molecule has 1 fully saturated rings. The Hall–Kier alpha value is -1.73. The maximum Gasteiger partial charge on any atom is 0.179 e. The molecule has 2 heterocycles. The van der Waals surface area contributed by atoms with Gasteiger partial charge in [0, 0.05) is 12.6 Å². The number of hydrogen-bond acceptors (Lipinski definition) is 5. The van der Waals surface area contributed by atoms with Crippen LogP contribution in [0.15, 0.2) is 35.2 Å². The molecule has 1 atom stereocenters. The second-order valence-electron chi connectivity index (χ2n) is 6.35. The minimum atomic E-state index is -3.22. The van der Waals surface area contributed by atoms with Gasteiger partial charge in [0.1, 0.15) is 11.6 Å². The minimum Gasteiger partial charge on any atom is -0.298 e. The van der Waals surface area contributed by atoms with Crippen molar-refractivity contribution in [1.82, 2.24) is 19.7 Å². The molecule has 0 aliphatic carbocycles. The van der Waals surface area contributed by atoms with Gasteiger partial charge in [0.2, 0.25) is 0 Å². The lowest BCUT2D eigenvalue weighted by atomic mass is 10.2. The Bertz CT molecular complexity index is 786. The molecular weight excluding hydrogens is 324 g/mol. The van der Waals surface area contributed by atoms with Gasteiger partial charge in [-0.05, 0) is 45.4 Å². The van der Waals surface area contributed by atoms with Crippen LogP contribution in [0.5, 0.6) is 0 Å². The van der Waals surface area contributed by atoms with Gasteiger partial charge in [0.25, 0.3) is 0 Å². The topological polar surface area (TPSA) is 68.1 Å². The van der Waals surface area contributed by atoms with Crippen molar-refractivity contribution in [2.24, 2.45) is 0 Å².